The molecule has 7 nitrogen and oxygen atoms in total. The summed E-state index contributed by atoms with van der Waals surface area (Å²) in [6, 6.07) is 16.7. The van der Waals surface area contributed by atoms with Crippen molar-refractivity contribution in [1.29, 1.82) is 5.26 Å². The monoisotopic (exact) mass is 369 g/mol. The predicted octanol–water partition coefficient (Wildman–Crippen LogP) is 3.48. The van der Waals surface area contributed by atoms with E-state index in [-0.39, 0.29) is 25.3 Å². The number of hydrogen-bond acceptors (Lipinski definition) is 6. The fourth-order valence-corrected chi connectivity index (χ4v) is 4.90. The summed E-state index contributed by atoms with van der Waals surface area (Å²) in [6.45, 7) is 0.398. The van der Waals surface area contributed by atoms with Gasteiger partial charge in [-0.25, -0.2) is 9.24 Å². The van der Waals surface area contributed by atoms with E-state index in [1.165, 1.54) is 4.67 Å². The molecule has 2 aromatic rings. The molecule has 2 aromatic carbocycles. The fraction of sp³-hybridized carbons (Fsp3) is 0.222. The molecule has 2 heterocycles. The molecule has 132 valence electrons. The Hall–Kier alpha value is -2.81. The smallest absolute Gasteiger partial charge is 0.462 e. The zero-order valence-electron chi connectivity index (χ0n) is 13.8. The lowest BCUT2D eigenvalue weighted by Gasteiger charge is -2.33. The van der Waals surface area contributed by atoms with E-state index in [0.717, 1.165) is 11.1 Å². The minimum atomic E-state index is -3.75. The van der Waals surface area contributed by atoms with Crippen LogP contribution in [0.5, 0.6) is 5.75 Å². The quantitative estimate of drug-likeness (QED) is 0.608. The molecule has 0 unspecified atom stereocenters. The molecule has 0 aromatic heterocycles. The third-order valence-corrected chi connectivity index (χ3v) is 6.15. The van der Waals surface area contributed by atoms with Gasteiger partial charge in [0.2, 0.25) is 6.19 Å². The van der Waals surface area contributed by atoms with Crippen molar-refractivity contribution in [2.45, 2.75) is 19.1 Å². The summed E-state index contributed by atoms with van der Waals surface area (Å²) < 4.78 is 31.7. The van der Waals surface area contributed by atoms with Gasteiger partial charge < -0.3 is 9.26 Å². The topological polar surface area (TPSA) is 84.2 Å². The number of ether oxygens (including phenoxy) is 1. The molecule has 2 atom stereocenters. The van der Waals surface area contributed by atoms with Gasteiger partial charge in [-0.3, -0.25) is 4.52 Å². The van der Waals surface area contributed by atoms with Crippen molar-refractivity contribution in [2.75, 3.05) is 6.61 Å². The molecule has 8 heteroatoms. The number of hydrogen-bond donors (Lipinski definition) is 0. The number of aliphatic imine (C=N–C) groups is 1. The van der Waals surface area contributed by atoms with Gasteiger partial charge in [-0.15, -0.1) is 4.99 Å². The molecule has 0 N–H and O–H groups in total. The highest BCUT2D eigenvalue weighted by Crippen LogP contribution is 2.58. The summed E-state index contributed by atoms with van der Waals surface area (Å²) in [5, 5.41) is 8.95. The first-order valence-electron chi connectivity index (χ1n) is 8.15. The Bertz CT molecular complexity index is 926. The summed E-state index contributed by atoms with van der Waals surface area (Å²) in [7, 11) is -3.75. The molecule has 1 saturated heterocycles. The van der Waals surface area contributed by atoms with E-state index in [2.05, 4.69) is 4.99 Å². The summed E-state index contributed by atoms with van der Waals surface area (Å²) in [5.74, 6) is 0.503. The predicted molar refractivity (Wildman–Crippen MR) is 94.2 cm³/mol. The van der Waals surface area contributed by atoms with Gasteiger partial charge in [0.25, 0.3) is 0 Å². The standard InChI is InChI=1S/C18H16N3O4P/c19-13-20-18-21(16(12-23-18)10-14-6-2-1-3-7-14)26(22)24-11-15-8-4-5-9-17(15)25-26/h1-9,16H,10-12H2/t16-,26+/m1/s1. The minimum Gasteiger partial charge on any atom is -0.462 e. The van der Waals surface area contributed by atoms with Crippen LogP contribution in [-0.4, -0.2) is 23.3 Å². The van der Waals surface area contributed by atoms with Crippen LogP contribution in [0.25, 0.3) is 0 Å². The van der Waals surface area contributed by atoms with E-state index in [9.17, 15) is 4.57 Å². The van der Waals surface area contributed by atoms with Crippen molar-refractivity contribution in [3.8, 4) is 11.9 Å². The Balaban J connectivity index is 1.67. The highest BCUT2D eigenvalue weighted by Gasteiger charge is 2.49. The van der Waals surface area contributed by atoms with Crippen LogP contribution in [0, 0.1) is 11.5 Å². The van der Waals surface area contributed by atoms with Gasteiger partial charge in [0, 0.05) is 5.56 Å². The van der Waals surface area contributed by atoms with E-state index in [0.29, 0.717) is 12.2 Å². The largest absolute Gasteiger partial charge is 0.493 e. The molecule has 26 heavy (non-hydrogen) atoms. The lowest BCUT2D eigenvalue weighted by molar-refractivity contribution is 0.194. The van der Waals surface area contributed by atoms with Crippen LogP contribution in [0.15, 0.2) is 59.6 Å². The van der Waals surface area contributed by atoms with Crippen LogP contribution in [0.1, 0.15) is 11.1 Å². The van der Waals surface area contributed by atoms with Crippen LogP contribution in [-0.2, 0) is 26.9 Å². The maximum Gasteiger partial charge on any atom is 0.493 e. The molecule has 0 spiro atoms. The Morgan fingerprint density at radius 2 is 1.96 bits per heavy atom. The highest BCUT2D eigenvalue weighted by atomic mass is 31.2. The van der Waals surface area contributed by atoms with Gasteiger partial charge in [-0.2, -0.15) is 5.26 Å². The number of nitriles is 1. The molecule has 4 rings (SSSR count). The van der Waals surface area contributed by atoms with E-state index >= 15 is 0 Å². The SMILES string of the molecule is N#CN=C1OC[C@@H](Cc2ccccc2)N1[P@]1(=O)OCc2ccccc2O1. The van der Waals surface area contributed by atoms with E-state index in [1.54, 1.807) is 18.3 Å². The zero-order chi connectivity index (χ0) is 18.0. The molecule has 0 saturated carbocycles. The van der Waals surface area contributed by atoms with Crippen LogP contribution in [0.3, 0.4) is 0 Å². The summed E-state index contributed by atoms with van der Waals surface area (Å²) in [6.07, 6.45) is 2.25. The molecule has 0 radical (unpaired) electrons. The molecule has 2 aliphatic rings. The molecule has 2 aliphatic heterocycles. The van der Waals surface area contributed by atoms with Gasteiger partial charge in [-0.1, -0.05) is 48.5 Å². The molecular weight excluding hydrogens is 353 g/mol. The first-order chi connectivity index (χ1) is 12.7. The summed E-state index contributed by atoms with van der Waals surface area (Å²) in [5.41, 5.74) is 1.87. The molecular formula is C18H16N3O4P. The summed E-state index contributed by atoms with van der Waals surface area (Å²) >= 11 is 0. The summed E-state index contributed by atoms with van der Waals surface area (Å²) in [4.78, 5) is 3.67. The number of nitrogens with zero attached hydrogens (tertiary/aromatic N) is 3. The van der Waals surface area contributed by atoms with Gasteiger partial charge in [0.1, 0.15) is 12.4 Å². The van der Waals surface area contributed by atoms with Crippen molar-refractivity contribution in [2.24, 2.45) is 4.99 Å². The first kappa shape index (κ1) is 16.6. The van der Waals surface area contributed by atoms with Gasteiger partial charge >= 0.3 is 13.8 Å². The third kappa shape index (κ3) is 3.05. The lowest BCUT2D eigenvalue weighted by atomic mass is 10.1. The van der Waals surface area contributed by atoms with Crippen LogP contribution < -0.4 is 4.52 Å². The van der Waals surface area contributed by atoms with E-state index in [1.807, 2.05) is 42.5 Å². The van der Waals surface area contributed by atoms with Crippen LogP contribution in [0.4, 0.5) is 0 Å². The van der Waals surface area contributed by atoms with Crippen molar-refractivity contribution < 1.29 is 18.3 Å². The fourth-order valence-electron chi connectivity index (χ4n) is 3.05. The molecule has 1 fully saturated rings. The maximum atomic E-state index is 13.5. The van der Waals surface area contributed by atoms with Crippen molar-refractivity contribution in [1.82, 2.24) is 4.67 Å². The average Bonchev–Trinajstić information content (AvgIpc) is 3.06. The van der Waals surface area contributed by atoms with E-state index in [4.69, 9.17) is 19.0 Å². The Kier molecular flexibility index (Phi) is 4.37. The normalized spacial score (nSPS) is 25.9. The number of fused-ring (bicyclic) bond motifs is 1. The lowest BCUT2D eigenvalue weighted by Crippen LogP contribution is -2.36. The second kappa shape index (κ2) is 6.83. The van der Waals surface area contributed by atoms with Gasteiger partial charge in [-0.05, 0) is 18.1 Å². The van der Waals surface area contributed by atoms with Crippen molar-refractivity contribution >= 4 is 13.8 Å². The van der Waals surface area contributed by atoms with Crippen molar-refractivity contribution in [3.63, 3.8) is 0 Å². The van der Waals surface area contributed by atoms with Crippen LogP contribution >= 0.6 is 7.75 Å². The second-order valence-electron chi connectivity index (χ2n) is 5.93. The highest BCUT2D eigenvalue weighted by molar-refractivity contribution is 7.52. The first-order valence-corrected chi connectivity index (χ1v) is 9.64. The average molecular weight is 369 g/mol. The zero-order valence-corrected chi connectivity index (χ0v) is 14.7. The number of para-hydroxylation sites is 1. The Morgan fingerprint density at radius 3 is 2.77 bits per heavy atom. The maximum absolute atomic E-state index is 13.5. The molecule has 0 bridgehead atoms. The number of rotatable bonds is 3. The molecule has 0 amide bonds. The number of amidine groups is 1. The second-order valence-corrected chi connectivity index (χ2v) is 7.74. The number of benzene rings is 2. The minimum absolute atomic E-state index is 0.0313. The van der Waals surface area contributed by atoms with Gasteiger partial charge in [0.15, 0.2) is 0 Å². The molecule has 0 aliphatic carbocycles. The van der Waals surface area contributed by atoms with Gasteiger partial charge in [0.05, 0.1) is 12.6 Å². The Labute approximate surface area is 151 Å². The van der Waals surface area contributed by atoms with E-state index < -0.39 is 7.75 Å². The van der Waals surface area contributed by atoms with Crippen molar-refractivity contribution in [3.05, 3.63) is 65.7 Å². The Morgan fingerprint density at radius 1 is 1.19 bits per heavy atom. The van der Waals surface area contributed by atoms with Crippen LogP contribution in [0.2, 0.25) is 0 Å². The third-order valence-electron chi connectivity index (χ3n) is 4.24.